The van der Waals surface area contributed by atoms with Gasteiger partial charge in [-0.25, -0.2) is 22.0 Å². The van der Waals surface area contributed by atoms with E-state index in [0.717, 1.165) is 23.9 Å². The molecule has 9 nitrogen and oxygen atoms in total. The quantitative estimate of drug-likeness (QED) is 0.356. The van der Waals surface area contributed by atoms with Crippen LogP contribution >= 0.6 is 11.6 Å². The second-order valence-electron chi connectivity index (χ2n) is 12.0. The maximum atomic E-state index is 14.3. The van der Waals surface area contributed by atoms with Crippen LogP contribution in [-0.4, -0.2) is 85.9 Å². The average Bonchev–Trinajstić information content (AvgIpc) is 3.00. The molecule has 1 unspecified atom stereocenters. The summed E-state index contributed by atoms with van der Waals surface area (Å²) in [6.07, 6.45) is -0.630. The molecule has 1 atom stereocenters. The summed E-state index contributed by atoms with van der Waals surface area (Å²) < 4.78 is 62.9. The van der Waals surface area contributed by atoms with E-state index < -0.39 is 45.3 Å². The fourth-order valence-electron chi connectivity index (χ4n) is 5.53. The fourth-order valence-corrected chi connectivity index (χ4v) is 7.18. The normalized spacial score (nSPS) is 18.2. The molecule has 0 N–H and O–H groups in total. The number of hydrogen-bond acceptors (Lipinski definition) is 6. The Hall–Kier alpha value is -3.74. The highest BCUT2D eigenvalue weighted by molar-refractivity contribution is 7.89. The number of hydrogen-bond donors (Lipinski definition) is 0. The Kier molecular flexibility index (Phi) is 9.39. The van der Waals surface area contributed by atoms with Crippen LogP contribution in [0.15, 0.2) is 71.6 Å². The number of para-hydroxylation sites is 1. The van der Waals surface area contributed by atoms with Gasteiger partial charge in [-0.1, -0.05) is 29.8 Å². The summed E-state index contributed by atoms with van der Waals surface area (Å²) in [7, 11) is -3.98. The largest absolute Gasteiger partial charge is 0.444 e. The minimum atomic E-state index is -3.98. The smallest absolute Gasteiger partial charge is 0.410 e. The molecule has 13 heteroatoms. The van der Waals surface area contributed by atoms with E-state index in [0.29, 0.717) is 13.1 Å². The highest BCUT2D eigenvalue weighted by Crippen LogP contribution is 2.32. The Balaban J connectivity index is 1.40. The van der Waals surface area contributed by atoms with Gasteiger partial charge < -0.3 is 19.4 Å². The number of sulfonamides is 1. The van der Waals surface area contributed by atoms with Crippen LogP contribution in [0.25, 0.3) is 0 Å². The number of benzene rings is 3. The Bertz CT molecular complexity index is 1660. The van der Waals surface area contributed by atoms with Crippen LogP contribution < -0.4 is 4.90 Å². The molecule has 2 heterocycles. The van der Waals surface area contributed by atoms with E-state index in [1.807, 2.05) is 30.3 Å². The van der Waals surface area contributed by atoms with Crippen molar-refractivity contribution >= 4 is 39.3 Å². The SMILES string of the molecule is CC(C)(C)OC(=O)N1CCN(C(=O)c2cc(S(=O)(=O)N3CCN(c4ccccc4)CC3)ccc2Cl)C(c2cc(F)cc(F)c2)C1. The molecule has 2 aliphatic heterocycles. The number of carbonyl (C=O) groups is 2. The van der Waals surface area contributed by atoms with Crippen LogP contribution in [0.2, 0.25) is 5.02 Å². The van der Waals surface area contributed by atoms with Crippen LogP contribution in [0, 0.1) is 11.6 Å². The number of nitrogens with zero attached hydrogens (tertiary/aromatic N) is 4. The lowest BCUT2D eigenvalue weighted by Crippen LogP contribution is -2.53. The molecule has 2 saturated heterocycles. The van der Waals surface area contributed by atoms with Crippen LogP contribution in [-0.2, 0) is 14.8 Å². The molecule has 5 rings (SSSR count). The molecule has 0 spiro atoms. The first-order valence-electron chi connectivity index (χ1n) is 14.6. The lowest BCUT2D eigenvalue weighted by molar-refractivity contribution is 0.00403. The Morgan fingerprint density at radius 3 is 2.13 bits per heavy atom. The Morgan fingerprint density at radius 2 is 1.51 bits per heavy atom. The van der Waals surface area contributed by atoms with Gasteiger partial charge in [0.1, 0.15) is 17.2 Å². The lowest BCUT2D eigenvalue weighted by Gasteiger charge is -2.42. The molecule has 0 radical (unpaired) electrons. The van der Waals surface area contributed by atoms with E-state index >= 15 is 0 Å². The van der Waals surface area contributed by atoms with Crippen molar-refractivity contribution < 1.29 is 31.5 Å². The zero-order valence-electron chi connectivity index (χ0n) is 25.3. The minimum absolute atomic E-state index is 0.0182. The number of anilines is 1. The third-order valence-electron chi connectivity index (χ3n) is 7.73. The third kappa shape index (κ3) is 7.40. The summed E-state index contributed by atoms with van der Waals surface area (Å²) in [6.45, 7) is 6.61. The first kappa shape index (κ1) is 32.6. The summed E-state index contributed by atoms with van der Waals surface area (Å²) in [5.41, 5.74) is 0.282. The zero-order chi connectivity index (χ0) is 32.5. The van der Waals surface area contributed by atoms with Gasteiger partial charge in [-0.15, -0.1) is 0 Å². The second kappa shape index (κ2) is 12.9. The summed E-state index contributed by atoms with van der Waals surface area (Å²) >= 11 is 6.46. The standard InChI is InChI=1S/C32H35ClF2N4O5S/c1-32(2,3)44-31(41)37-13-16-39(29(21-37)22-17-23(34)19-24(35)18-22)30(40)27-20-26(9-10-28(27)33)45(42,43)38-14-11-36(12-15-38)25-7-5-4-6-8-25/h4-10,17-20,29H,11-16,21H2,1-3H3. The highest BCUT2D eigenvalue weighted by Gasteiger charge is 2.37. The molecule has 0 saturated carbocycles. The van der Waals surface area contributed by atoms with Gasteiger partial charge in [0.15, 0.2) is 0 Å². The van der Waals surface area contributed by atoms with Crippen LogP contribution in [0.3, 0.4) is 0 Å². The maximum Gasteiger partial charge on any atom is 0.410 e. The topological polar surface area (TPSA) is 90.5 Å². The van der Waals surface area contributed by atoms with Crippen molar-refractivity contribution in [3.8, 4) is 0 Å². The molecule has 2 fully saturated rings. The van der Waals surface area contributed by atoms with Crippen molar-refractivity contribution in [3.05, 3.63) is 94.5 Å². The Labute approximate surface area is 267 Å². The average molecular weight is 661 g/mol. The number of rotatable bonds is 5. The van der Waals surface area contributed by atoms with E-state index in [-0.39, 0.29) is 53.8 Å². The number of carbonyl (C=O) groups excluding carboxylic acids is 2. The van der Waals surface area contributed by atoms with Gasteiger partial charge in [-0.05, 0) is 68.8 Å². The number of ether oxygens (including phenoxy) is 1. The second-order valence-corrected chi connectivity index (χ2v) is 14.4. The highest BCUT2D eigenvalue weighted by atomic mass is 35.5. The van der Waals surface area contributed by atoms with Gasteiger partial charge in [0.05, 0.1) is 21.5 Å². The van der Waals surface area contributed by atoms with Gasteiger partial charge >= 0.3 is 6.09 Å². The van der Waals surface area contributed by atoms with E-state index in [2.05, 4.69) is 4.90 Å². The van der Waals surface area contributed by atoms with Gasteiger partial charge in [0.2, 0.25) is 10.0 Å². The summed E-state index contributed by atoms with van der Waals surface area (Å²) in [4.78, 5) is 31.7. The van der Waals surface area contributed by atoms with E-state index in [1.54, 1.807) is 20.8 Å². The summed E-state index contributed by atoms with van der Waals surface area (Å²) in [5, 5.41) is 0.0200. The molecule has 0 bridgehead atoms. The molecule has 2 amide bonds. The predicted molar refractivity (Wildman–Crippen MR) is 167 cm³/mol. The summed E-state index contributed by atoms with van der Waals surface area (Å²) in [6, 6.07) is 15.6. The van der Waals surface area contributed by atoms with Crippen LogP contribution in [0.1, 0.15) is 42.7 Å². The molecule has 240 valence electrons. The molecule has 2 aliphatic rings. The van der Waals surface area contributed by atoms with Crippen molar-refractivity contribution in [3.63, 3.8) is 0 Å². The zero-order valence-corrected chi connectivity index (χ0v) is 26.8. The molecular weight excluding hydrogens is 626 g/mol. The van der Waals surface area contributed by atoms with Gasteiger partial charge in [-0.3, -0.25) is 4.79 Å². The third-order valence-corrected chi connectivity index (χ3v) is 9.95. The van der Waals surface area contributed by atoms with E-state index in [9.17, 15) is 26.8 Å². The van der Waals surface area contributed by atoms with E-state index in [4.69, 9.17) is 16.3 Å². The van der Waals surface area contributed by atoms with Gasteiger partial charge in [0, 0.05) is 57.6 Å². The van der Waals surface area contributed by atoms with Gasteiger partial charge in [-0.2, -0.15) is 4.31 Å². The van der Waals surface area contributed by atoms with E-state index in [1.165, 1.54) is 32.3 Å². The van der Waals surface area contributed by atoms with Crippen LogP contribution in [0.4, 0.5) is 19.3 Å². The van der Waals surface area contributed by atoms with Crippen molar-refractivity contribution in [1.29, 1.82) is 0 Å². The molecule has 3 aromatic carbocycles. The minimum Gasteiger partial charge on any atom is -0.444 e. The number of halogens is 3. The number of piperazine rings is 2. The molecule has 0 aromatic heterocycles. The maximum absolute atomic E-state index is 14.3. The predicted octanol–water partition coefficient (Wildman–Crippen LogP) is 5.56. The van der Waals surface area contributed by atoms with Crippen molar-refractivity contribution in [1.82, 2.24) is 14.1 Å². The molecule has 3 aromatic rings. The van der Waals surface area contributed by atoms with Crippen molar-refractivity contribution in [2.24, 2.45) is 0 Å². The first-order chi connectivity index (χ1) is 21.2. The molecule has 0 aliphatic carbocycles. The van der Waals surface area contributed by atoms with Crippen molar-refractivity contribution in [2.45, 2.75) is 37.3 Å². The van der Waals surface area contributed by atoms with Gasteiger partial charge in [0.25, 0.3) is 5.91 Å². The Morgan fingerprint density at radius 1 is 0.867 bits per heavy atom. The lowest BCUT2D eigenvalue weighted by atomic mass is 10.0. The first-order valence-corrected chi connectivity index (χ1v) is 16.4. The summed E-state index contributed by atoms with van der Waals surface area (Å²) in [5.74, 6) is -2.32. The van der Waals surface area contributed by atoms with Crippen LogP contribution in [0.5, 0.6) is 0 Å². The molecular formula is C32H35ClF2N4O5S. The number of amides is 2. The van der Waals surface area contributed by atoms with Crippen molar-refractivity contribution in [2.75, 3.05) is 50.7 Å². The molecule has 45 heavy (non-hydrogen) atoms. The monoisotopic (exact) mass is 660 g/mol. The fraction of sp³-hybridized carbons (Fsp3) is 0.375.